The van der Waals surface area contributed by atoms with Crippen molar-refractivity contribution in [1.29, 1.82) is 0 Å². The van der Waals surface area contributed by atoms with Crippen molar-refractivity contribution >= 4 is 46.5 Å². The van der Waals surface area contributed by atoms with Crippen molar-refractivity contribution in [1.82, 2.24) is 4.98 Å². The summed E-state index contributed by atoms with van der Waals surface area (Å²) in [5.41, 5.74) is 0.311. The minimum atomic E-state index is -0.919. The Morgan fingerprint density at radius 1 is 1.28 bits per heavy atom. The lowest BCUT2D eigenvalue weighted by Gasteiger charge is -2.08. The van der Waals surface area contributed by atoms with Crippen LogP contribution in [0.2, 0.25) is 10.2 Å². The van der Waals surface area contributed by atoms with E-state index < -0.39 is 23.4 Å². The van der Waals surface area contributed by atoms with Crippen molar-refractivity contribution in [2.24, 2.45) is 0 Å². The second-order valence-corrected chi connectivity index (χ2v) is 5.64. The van der Waals surface area contributed by atoms with Crippen LogP contribution in [0.15, 0.2) is 30.3 Å². The summed E-state index contributed by atoms with van der Waals surface area (Å²) in [5.74, 6) is -1.60. The van der Waals surface area contributed by atoms with Crippen LogP contribution in [0.25, 0.3) is 0 Å². The maximum absolute atomic E-state index is 11.9. The van der Waals surface area contributed by atoms with Gasteiger partial charge < -0.3 is 10.1 Å². The standard InChI is InChI=1S/C15H11Cl2N3O5/c1-8-2-3-9(6-11(8)20(23)24)18-13(21)7-25-15(22)14-10(16)4-5-12(17)19-14/h2-6H,7H2,1H3,(H,18,21). The Morgan fingerprint density at radius 2 is 2.00 bits per heavy atom. The highest BCUT2D eigenvalue weighted by Crippen LogP contribution is 2.22. The third kappa shape index (κ3) is 4.88. The van der Waals surface area contributed by atoms with Gasteiger partial charge in [0.25, 0.3) is 11.6 Å². The number of aryl methyl sites for hydroxylation is 1. The molecular weight excluding hydrogens is 373 g/mol. The fourth-order valence-corrected chi connectivity index (χ4v) is 2.17. The molecule has 0 unspecified atom stereocenters. The summed E-state index contributed by atoms with van der Waals surface area (Å²) in [6.07, 6.45) is 0. The number of carbonyl (C=O) groups is 2. The number of hydrogen-bond donors (Lipinski definition) is 1. The fraction of sp³-hybridized carbons (Fsp3) is 0.133. The van der Waals surface area contributed by atoms with Gasteiger partial charge in [-0.1, -0.05) is 29.3 Å². The van der Waals surface area contributed by atoms with Crippen LogP contribution >= 0.6 is 23.2 Å². The van der Waals surface area contributed by atoms with Gasteiger partial charge in [0.1, 0.15) is 5.15 Å². The van der Waals surface area contributed by atoms with Crippen molar-refractivity contribution in [3.05, 3.63) is 61.9 Å². The lowest BCUT2D eigenvalue weighted by atomic mass is 10.2. The molecule has 0 aliphatic carbocycles. The SMILES string of the molecule is Cc1ccc(NC(=O)COC(=O)c2nc(Cl)ccc2Cl)cc1[N+](=O)[O-]. The number of carbonyl (C=O) groups excluding carboxylic acids is 2. The maximum Gasteiger partial charge on any atom is 0.359 e. The summed E-state index contributed by atoms with van der Waals surface area (Å²) in [5, 5.41) is 13.4. The van der Waals surface area contributed by atoms with E-state index in [2.05, 4.69) is 10.3 Å². The molecule has 130 valence electrons. The Bertz CT molecular complexity index is 857. The summed E-state index contributed by atoms with van der Waals surface area (Å²) in [7, 11) is 0. The number of ether oxygens (including phenoxy) is 1. The number of nitrogens with one attached hydrogen (secondary N) is 1. The lowest BCUT2D eigenvalue weighted by Crippen LogP contribution is -2.21. The monoisotopic (exact) mass is 383 g/mol. The van der Waals surface area contributed by atoms with Crippen LogP contribution in [0, 0.1) is 17.0 Å². The minimum absolute atomic E-state index is 0.0315. The van der Waals surface area contributed by atoms with Gasteiger partial charge in [-0.05, 0) is 25.1 Å². The molecule has 0 fully saturated rings. The number of esters is 1. The first-order chi connectivity index (χ1) is 11.8. The van der Waals surface area contributed by atoms with Gasteiger partial charge in [0.15, 0.2) is 12.3 Å². The van der Waals surface area contributed by atoms with Gasteiger partial charge in [-0.15, -0.1) is 0 Å². The fourth-order valence-electron chi connectivity index (χ4n) is 1.84. The number of anilines is 1. The number of amides is 1. The molecule has 1 aromatic heterocycles. The predicted molar refractivity (Wildman–Crippen MR) is 91.0 cm³/mol. The van der Waals surface area contributed by atoms with Crippen LogP contribution in [0.3, 0.4) is 0 Å². The smallest absolute Gasteiger partial charge is 0.359 e. The molecule has 0 aliphatic rings. The largest absolute Gasteiger partial charge is 0.451 e. The molecule has 8 nitrogen and oxygen atoms in total. The van der Waals surface area contributed by atoms with Crippen molar-refractivity contribution < 1.29 is 19.2 Å². The lowest BCUT2D eigenvalue weighted by molar-refractivity contribution is -0.385. The molecule has 0 spiro atoms. The van der Waals surface area contributed by atoms with E-state index in [0.29, 0.717) is 5.56 Å². The van der Waals surface area contributed by atoms with Crippen LogP contribution in [0.1, 0.15) is 16.1 Å². The molecule has 25 heavy (non-hydrogen) atoms. The molecular formula is C15H11Cl2N3O5. The maximum atomic E-state index is 11.9. The van der Waals surface area contributed by atoms with Gasteiger partial charge >= 0.3 is 5.97 Å². The van der Waals surface area contributed by atoms with Gasteiger partial charge in [0.05, 0.1) is 9.95 Å². The average molecular weight is 384 g/mol. The summed E-state index contributed by atoms with van der Waals surface area (Å²) in [6.45, 7) is 0.957. The van der Waals surface area contributed by atoms with Gasteiger partial charge in [-0.3, -0.25) is 14.9 Å². The quantitative estimate of drug-likeness (QED) is 0.366. The number of aromatic nitrogens is 1. The zero-order valence-corrected chi connectivity index (χ0v) is 14.3. The number of benzene rings is 1. The number of hydrogen-bond acceptors (Lipinski definition) is 6. The highest BCUT2D eigenvalue weighted by molar-refractivity contribution is 6.34. The van der Waals surface area contributed by atoms with E-state index in [-0.39, 0.29) is 27.2 Å². The number of pyridine rings is 1. The summed E-state index contributed by atoms with van der Waals surface area (Å²) in [6, 6.07) is 6.98. The van der Waals surface area contributed by atoms with Crippen LogP contribution in [0.4, 0.5) is 11.4 Å². The predicted octanol–water partition coefficient (Wildman–Crippen LogP) is 3.40. The average Bonchev–Trinajstić information content (AvgIpc) is 2.56. The van der Waals surface area contributed by atoms with Gasteiger partial charge in [0, 0.05) is 17.3 Å². The number of nitrogens with zero attached hydrogens (tertiary/aromatic N) is 2. The number of nitro benzene ring substituents is 1. The minimum Gasteiger partial charge on any atom is -0.451 e. The summed E-state index contributed by atoms with van der Waals surface area (Å²) in [4.78, 5) is 37.7. The Morgan fingerprint density at radius 3 is 2.68 bits per heavy atom. The first kappa shape index (κ1) is 18.6. The Kier molecular flexibility index (Phi) is 5.89. The summed E-state index contributed by atoms with van der Waals surface area (Å²) >= 11 is 11.5. The molecule has 0 saturated carbocycles. The van der Waals surface area contributed by atoms with Crippen molar-refractivity contribution in [2.75, 3.05) is 11.9 Å². The molecule has 10 heteroatoms. The number of halogens is 2. The Hall–Kier alpha value is -2.71. The third-order valence-electron chi connectivity index (χ3n) is 3.03. The zero-order valence-electron chi connectivity index (χ0n) is 12.8. The first-order valence-electron chi connectivity index (χ1n) is 6.82. The molecule has 0 saturated heterocycles. The van der Waals surface area contributed by atoms with Crippen LogP contribution < -0.4 is 5.32 Å². The van der Waals surface area contributed by atoms with E-state index in [9.17, 15) is 19.7 Å². The van der Waals surface area contributed by atoms with Crippen molar-refractivity contribution in [2.45, 2.75) is 6.92 Å². The number of nitro groups is 1. The van der Waals surface area contributed by atoms with E-state index in [1.807, 2.05) is 0 Å². The molecule has 1 amide bonds. The van der Waals surface area contributed by atoms with E-state index in [4.69, 9.17) is 27.9 Å². The third-order valence-corrected chi connectivity index (χ3v) is 3.54. The first-order valence-corrected chi connectivity index (χ1v) is 7.57. The molecule has 0 radical (unpaired) electrons. The van der Waals surface area contributed by atoms with E-state index in [0.717, 1.165) is 0 Å². The second-order valence-electron chi connectivity index (χ2n) is 4.85. The highest BCUT2D eigenvalue weighted by Gasteiger charge is 2.17. The molecule has 0 bridgehead atoms. The molecule has 2 rings (SSSR count). The topological polar surface area (TPSA) is 111 Å². The van der Waals surface area contributed by atoms with E-state index in [1.54, 1.807) is 6.92 Å². The Balaban J connectivity index is 1.99. The zero-order chi connectivity index (χ0) is 18.6. The molecule has 0 aliphatic heterocycles. The second kappa shape index (κ2) is 7.91. The molecule has 1 N–H and O–H groups in total. The highest BCUT2D eigenvalue weighted by atomic mass is 35.5. The normalized spacial score (nSPS) is 10.2. The summed E-state index contributed by atoms with van der Waals surface area (Å²) < 4.78 is 4.81. The van der Waals surface area contributed by atoms with Gasteiger partial charge in [0.2, 0.25) is 0 Å². The van der Waals surface area contributed by atoms with Gasteiger partial charge in [-0.2, -0.15) is 0 Å². The van der Waals surface area contributed by atoms with Crippen LogP contribution in [-0.4, -0.2) is 28.4 Å². The van der Waals surface area contributed by atoms with E-state index >= 15 is 0 Å². The Labute approximate surface area is 151 Å². The molecule has 1 aromatic carbocycles. The van der Waals surface area contributed by atoms with Crippen molar-refractivity contribution in [3.63, 3.8) is 0 Å². The van der Waals surface area contributed by atoms with E-state index in [1.165, 1.54) is 30.3 Å². The van der Waals surface area contributed by atoms with Crippen LogP contribution in [0.5, 0.6) is 0 Å². The molecule has 2 aromatic rings. The van der Waals surface area contributed by atoms with Gasteiger partial charge in [-0.25, -0.2) is 9.78 Å². The number of rotatable bonds is 5. The van der Waals surface area contributed by atoms with Crippen molar-refractivity contribution in [3.8, 4) is 0 Å². The van der Waals surface area contributed by atoms with Crippen LogP contribution in [-0.2, 0) is 9.53 Å². The molecule has 0 atom stereocenters. The molecule has 1 heterocycles.